The number of nitrogens with zero attached hydrogens (tertiary/aromatic N) is 2. The second-order valence-corrected chi connectivity index (χ2v) is 7.58. The van der Waals surface area contributed by atoms with Gasteiger partial charge in [-0.15, -0.1) is 11.3 Å². The van der Waals surface area contributed by atoms with E-state index in [-0.39, 0.29) is 0 Å². The lowest BCUT2D eigenvalue weighted by molar-refractivity contribution is 0.226. The molecule has 2 heterocycles. The van der Waals surface area contributed by atoms with Crippen molar-refractivity contribution in [2.45, 2.75) is 17.2 Å². The van der Waals surface area contributed by atoms with Crippen LogP contribution < -0.4 is 5.32 Å². The van der Waals surface area contributed by atoms with Crippen molar-refractivity contribution in [1.82, 2.24) is 9.88 Å². The molecule has 1 aromatic carbocycles. The summed E-state index contributed by atoms with van der Waals surface area (Å²) in [6.07, 6.45) is 4.70. The number of aromatic nitrogens is 1. The van der Waals surface area contributed by atoms with Gasteiger partial charge < -0.3 is 10.2 Å². The van der Waals surface area contributed by atoms with E-state index in [9.17, 15) is 0 Å². The Morgan fingerprint density at radius 2 is 2.20 bits per heavy atom. The maximum atomic E-state index is 4.58. The summed E-state index contributed by atoms with van der Waals surface area (Å²) in [7, 11) is 2.21. The van der Waals surface area contributed by atoms with E-state index >= 15 is 0 Å². The van der Waals surface area contributed by atoms with Crippen LogP contribution in [-0.2, 0) is 0 Å². The number of fused-ring (bicyclic) bond motifs is 1. The van der Waals surface area contributed by atoms with Gasteiger partial charge in [0.15, 0.2) is 4.34 Å². The Balaban J connectivity index is 1.62. The maximum absolute atomic E-state index is 4.58. The standard InChI is InChI=1S/C15H21N3S2/c1-18-7-5-11(6-8-18)10-16-12-3-4-13-14(9-12)20-15(17-13)19-2/h3-4,9,11,16H,5-8,10H2,1-2H3. The minimum absolute atomic E-state index is 0.810. The van der Waals surface area contributed by atoms with E-state index in [4.69, 9.17) is 0 Å². The molecule has 1 saturated heterocycles. The molecule has 0 radical (unpaired) electrons. The Bertz CT molecular complexity index is 574. The molecule has 0 amide bonds. The zero-order chi connectivity index (χ0) is 13.9. The van der Waals surface area contributed by atoms with Crippen LogP contribution >= 0.6 is 23.1 Å². The molecule has 2 aromatic rings. The van der Waals surface area contributed by atoms with Crippen molar-refractivity contribution in [1.29, 1.82) is 0 Å². The van der Waals surface area contributed by atoms with Gasteiger partial charge in [0.25, 0.3) is 0 Å². The zero-order valence-corrected chi connectivity index (χ0v) is 13.7. The van der Waals surface area contributed by atoms with E-state index in [1.54, 1.807) is 23.1 Å². The van der Waals surface area contributed by atoms with Gasteiger partial charge in [-0.25, -0.2) is 4.98 Å². The summed E-state index contributed by atoms with van der Waals surface area (Å²) < 4.78 is 2.43. The number of benzene rings is 1. The summed E-state index contributed by atoms with van der Waals surface area (Å²) in [5.74, 6) is 0.810. The van der Waals surface area contributed by atoms with E-state index in [0.29, 0.717) is 0 Å². The summed E-state index contributed by atoms with van der Waals surface area (Å²) in [4.78, 5) is 7.00. The first-order valence-electron chi connectivity index (χ1n) is 7.11. The Kier molecular flexibility index (Phi) is 4.48. The maximum Gasteiger partial charge on any atom is 0.150 e. The smallest absolute Gasteiger partial charge is 0.150 e. The highest BCUT2D eigenvalue weighted by Crippen LogP contribution is 2.30. The molecule has 0 saturated carbocycles. The molecule has 0 aliphatic carbocycles. The van der Waals surface area contributed by atoms with Crippen LogP contribution in [0.25, 0.3) is 10.2 Å². The van der Waals surface area contributed by atoms with Crippen LogP contribution in [0.5, 0.6) is 0 Å². The van der Waals surface area contributed by atoms with Crippen molar-refractivity contribution in [3.63, 3.8) is 0 Å². The van der Waals surface area contributed by atoms with E-state index < -0.39 is 0 Å². The molecule has 1 N–H and O–H groups in total. The molecule has 108 valence electrons. The minimum Gasteiger partial charge on any atom is -0.385 e. The number of likely N-dealkylation sites (tertiary alicyclic amines) is 1. The Morgan fingerprint density at radius 3 is 2.95 bits per heavy atom. The summed E-state index contributed by atoms with van der Waals surface area (Å²) in [5, 5.41) is 3.60. The van der Waals surface area contributed by atoms with Crippen molar-refractivity contribution in [2.75, 3.05) is 38.3 Å². The molecule has 20 heavy (non-hydrogen) atoms. The number of hydrogen-bond acceptors (Lipinski definition) is 5. The average molecular weight is 307 g/mol. The molecule has 0 unspecified atom stereocenters. The third kappa shape index (κ3) is 3.27. The van der Waals surface area contributed by atoms with Gasteiger partial charge in [-0.2, -0.15) is 0 Å². The Labute approximate surface area is 128 Å². The molecular formula is C15H21N3S2. The van der Waals surface area contributed by atoms with Crippen molar-refractivity contribution < 1.29 is 0 Å². The lowest BCUT2D eigenvalue weighted by atomic mass is 9.97. The van der Waals surface area contributed by atoms with Crippen molar-refractivity contribution >= 4 is 39.0 Å². The molecule has 1 aliphatic heterocycles. The van der Waals surface area contributed by atoms with Crippen LogP contribution in [-0.4, -0.2) is 42.8 Å². The first kappa shape index (κ1) is 14.2. The molecule has 0 spiro atoms. The van der Waals surface area contributed by atoms with Gasteiger partial charge in [-0.05, 0) is 63.4 Å². The van der Waals surface area contributed by atoms with E-state index in [2.05, 4.69) is 46.7 Å². The molecule has 3 rings (SSSR count). The van der Waals surface area contributed by atoms with Gasteiger partial charge in [0.05, 0.1) is 10.2 Å². The number of rotatable bonds is 4. The van der Waals surface area contributed by atoms with Gasteiger partial charge >= 0.3 is 0 Å². The highest BCUT2D eigenvalue weighted by Gasteiger charge is 2.16. The lowest BCUT2D eigenvalue weighted by Gasteiger charge is -2.29. The van der Waals surface area contributed by atoms with Gasteiger partial charge in [0.2, 0.25) is 0 Å². The average Bonchev–Trinajstić information content (AvgIpc) is 2.89. The van der Waals surface area contributed by atoms with Crippen LogP contribution in [0.4, 0.5) is 5.69 Å². The fraction of sp³-hybridized carbons (Fsp3) is 0.533. The molecular weight excluding hydrogens is 286 g/mol. The number of piperidine rings is 1. The fourth-order valence-corrected chi connectivity index (χ4v) is 4.16. The highest BCUT2D eigenvalue weighted by molar-refractivity contribution is 8.00. The number of hydrogen-bond donors (Lipinski definition) is 1. The fourth-order valence-electron chi connectivity index (χ4n) is 2.63. The molecule has 0 atom stereocenters. The number of thioether (sulfide) groups is 1. The third-order valence-corrected chi connectivity index (χ3v) is 5.98. The van der Waals surface area contributed by atoms with Crippen LogP contribution in [0.15, 0.2) is 22.5 Å². The van der Waals surface area contributed by atoms with Crippen LogP contribution in [0.2, 0.25) is 0 Å². The minimum atomic E-state index is 0.810. The SMILES string of the molecule is CSc1nc2ccc(NCC3CCN(C)CC3)cc2s1. The summed E-state index contributed by atoms with van der Waals surface area (Å²) in [6.45, 7) is 3.56. The molecule has 1 aromatic heterocycles. The van der Waals surface area contributed by atoms with Crippen molar-refractivity contribution in [3.05, 3.63) is 18.2 Å². The van der Waals surface area contributed by atoms with Gasteiger partial charge in [0.1, 0.15) is 0 Å². The number of nitrogens with one attached hydrogen (secondary N) is 1. The first-order valence-corrected chi connectivity index (χ1v) is 9.16. The summed E-state index contributed by atoms with van der Waals surface area (Å²) >= 11 is 3.50. The van der Waals surface area contributed by atoms with Gasteiger partial charge in [-0.1, -0.05) is 11.8 Å². The molecule has 3 nitrogen and oxygen atoms in total. The first-order chi connectivity index (χ1) is 9.74. The van der Waals surface area contributed by atoms with Crippen LogP contribution in [0.1, 0.15) is 12.8 Å². The van der Waals surface area contributed by atoms with E-state index in [1.165, 1.54) is 36.3 Å². The van der Waals surface area contributed by atoms with Crippen LogP contribution in [0, 0.1) is 5.92 Å². The third-order valence-electron chi connectivity index (χ3n) is 3.98. The zero-order valence-electron chi connectivity index (χ0n) is 12.1. The van der Waals surface area contributed by atoms with Gasteiger partial charge in [0, 0.05) is 12.2 Å². The second kappa shape index (κ2) is 6.33. The highest BCUT2D eigenvalue weighted by atomic mass is 32.2. The summed E-state index contributed by atoms with van der Waals surface area (Å²) in [5.41, 5.74) is 2.34. The van der Waals surface area contributed by atoms with E-state index in [0.717, 1.165) is 22.3 Å². The number of anilines is 1. The Morgan fingerprint density at radius 1 is 1.40 bits per heavy atom. The number of thiazole rings is 1. The molecule has 5 heteroatoms. The second-order valence-electron chi connectivity index (χ2n) is 5.49. The summed E-state index contributed by atoms with van der Waals surface area (Å²) in [6, 6.07) is 6.52. The van der Waals surface area contributed by atoms with Crippen molar-refractivity contribution in [2.24, 2.45) is 5.92 Å². The van der Waals surface area contributed by atoms with Crippen molar-refractivity contribution in [3.8, 4) is 0 Å². The van der Waals surface area contributed by atoms with E-state index in [1.807, 2.05) is 0 Å². The predicted octanol–water partition coefficient (Wildman–Crippen LogP) is 3.77. The van der Waals surface area contributed by atoms with Gasteiger partial charge in [-0.3, -0.25) is 0 Å². The predicted molar refractivity (Wildman–Crippen MR) is 90.1 cm³/mol. The topological polar surface area (TPSA) is 28.2 Å². The monoisotopic (exact) mass is 307 g/mol. The molecule has 1 aliphatic rings. The quantitative estimate of drug-likeness (QED) is 0.870. The Hall–Kier alpha value is -0.780. The lowest BCUT2D eigenvalue weighted by Crippen LogP contribution is -2.32. The normalized spacial score (nSPS) is 17.7. The largest absolute Gasteiger partial charge is 0.385 e. The van der Waals surface area contributed by atoms with Crippen LogP contribution in [0.3, 0.4) is 0 Å². The molecule has 1 fully saturated rings. The molecule has 0 bridgehead atoms.